The van der Waals surface area contributed by atoms with Crippen LogP contribution in [0.4, 0.5) is 0 Å². The van der Waals surface area contributed by atoms with Crippen LogP contribution in [0.3, 0.4) is 0 Å². The zero-order valence-corrected chi connectivity index (χ0v) is 8.44. The maximum absolute atomic E-state index is 4.99. The van der Waals surface area contributed by atoms with Gasteiger partial charge in [0.2, 0.25) is 0 Å². The van der Waals surface area contributed by atoms with E-state index in [-0.39, 0.29) is 0 Å². The van der Waals surface area contributed by atoms with Crippen LogP contribution in [0.1, 0.15) is 0 Å². The van der Waals surface area contributed by atoms with Gasteiger partial charge in [-0.15, -0.1) is 0 Å². The van der Waals surface area contributed by atoms with Crippen LogP contribution in [-0.4, -0.2) is 12.1 Å². The van der Waals surface area contributed by atoms with Crippen LogP contribution in [0, 0.1) is 0 Å². The summed E-state index contributed by atoms with van der Waals surface area (Å²) in [6, 6.07) is 0. The predicted molar refractivity (Wildman–Crippen MR) is 46.2 cm³/mol. The summed E-state index contributed by atoms with van der Waals surface area (Å²) in [7, 11) is 1.61. The number of halogens is 2. The number of aromatic nitrogens is 1. The molecule has 0 radical (unpaired) electrons. The molecule has 0 aliphatic rings. The Bertz CT molecular complexity index is 239. The van der Waals surface area contributed by atoms with E-state index in [1.165, 1.54) is 0 Å². The molecule has 0 atom stereocenters. The van der Waals surface area contributed by atoms with E-state index >= 15 is 0 Å². The maximum Gasteiger partial charge on any atom is 0.152 e. The van der Waals surface area contributed by atoms with Crippen LogP contribution in [0.2, 0.25) is 0 Å². The third-order valence-electron chi connectivity index (χ3n) is 1.03. The lowest BCUT2D eigenvalue weighted by molar-refractivity contribution is 0.410. The number of hydrogen-bond donors (Lipinski definition) is 0. The van der Waals surface area contributed by atoms with Crippen molar-refractivity contribution in [3.63, 3.8) is 0 Å². The first-order valence-electron chi connectivity index (χ1n) is 2.58. The average molecular weight is 267 g/mol. The fourth-order valence-corrected chi connectivity index (χ4v) is 1.22. The molecule has 0 unspecified atom stereocenters. The van der Waals surface area contributed by atoms with Gasteiger partial charge >= 0.3 is 0 Å². The van der Waals surface area contributed by atoms with Crippen LogP contribution < -0.4 is 4.74 Å². The highest BCUT2D eigenvalue weighted by molar-refractivity contribution is 9.13. The lowest BCUT2D eigenvalue weighted by Gasteiger charge is -2.01. The van der Waals surface area contributed by atoms with Crippen LogP contribution in [0.15, 0.2) is 21.3 Å². The Morgan fingerprint density at radius 2 is 2.10 bits per heavy atom. The molecule has 2 nitrogen and oxygen atoms in total. The SMILES string of the molecule is COc1cncc(Br)c1Br. The van der Waals surface area contributed by atoms with Gasteiger partial charge < -0.3 is 4.74 Å². The first-order chi connectivity index (χ1) is 4.75. The molecule has 0 aromatic carbocycles. The Kier molecular flexibility index (Phi) is 2.68. The average Bonchev–Trinajstić information content (AvgIpc) is 1.95. The molecule has 0 N–H and O–H groups in total. The summed E-state index contributed by atoms with van der Waals surface area (Å²) in [6.07, 6.45) is 3.35. The minimum Gasteiger partial charge on any atom is -0.494 e. The fraction of sp³-hybridized carbons (Fsp3) is 0.167. The minimum atomic E-state index is 0.731. The van der Waals surface area contributed by atoms with Gasteiger partial charge in [-0.2, -0.15) is 0 Å². The number of pyridine rings is 1. The lowest BCUT2D eigenvalue weighted by atomic mass is 10.5. The van der Waals surface area contributed by atoms with Gasteiger partial charge in [0.25, 0.3) is 0 Å². The Morgan fingerprint density at radius 3 is 2.60 bits per heavy atom. The molecule has 0 saturated heterocycles. The minimum absolute atomic E-state index is 0.731. The number of ether oxygens (including phenoxy) is 1. The Morgan fingerprint density at radius 1 is 1.40 bits per heavy atom. The molecular weight excluding hydrogens is 262 g/mol. The topological polar surface area (TPSA) is 22.1 Å². The van der Waals surface area contributed by atoms with E-state index in [2.05, 4.69) is 36.8 Å². The monoisotopic (exact) mass is 265 g/mol. The van der Waals surface area contributed by atoms with Crippen LogP contribution in [-0.2, 0) is 0 Å². The van der Waals surface area contributed by atoms with E-state index in [1.54, 1.807) is 19.5 Å². The molecule has 0 bridgehead atoms. The third-order valence-corrected chi connectivity index (χ3v) is 2.98. The van der Waals surface area contributed by atoms with Crippen molar-refractivity contribution in [2.75, 3.05) is 7.11 Å². The quantitative estimate of drug-likeness (QED) is 0.780. The zero-order valence-electron chi connectivity index (χ0n) is 5.27. The van der Waals surface area contributed by atoms with Crippen molar-refractivity contribution < 1.29 is 4.74 Å². The molecule has 10 heavy (non-hydrogen) atoms. The molecule has 0 spiro atoms. The number of methoxy groups -OCH3 is 1. The van der Waals surface area contributed by atoms with Gasteiger partial charge in [-0.3, -0.25) is 4.98 Å². The second kappa shape index (κ2) is 3.34. The van der Waals surface area contributed by atoms with Gasteiger partial charge in [-0.05, 0) is 31.9 Å². The molecule has 0 aliphatic heterocycles. The van der Waals surface area contributed by atoms with Crippen molar-refractivity contribution in [1.29, 1.82) is 0 Å². The van der Waals surface area contributed by atoms with Crippen LogP contribution in [0.5, 0.6) is 5.75 Å². The molecule has 0 aliphatic carbocycles. The van der Waals surface area contributed by atoms with Crippen molar-refractivity contribution in [3.05, 3.63) is 21.3 Å². The number of nitrogens with zero attached hydrogens (tertiary/aromatic N) is 1. The summed E-state index contributed by atoms with van der Waals surface area (Å²) in [6.45, 7) is 0. The molecular formula is C6H5Br2NO. The Hall–Kier alpha value is -0.0900. The van der Waals surface area contributed by atoms with E-state index in [1.807, 2.05) is 0 Å². The van der Waals surface area contributed by atoms with Gasteiger partial charge in [0.15, 0.2) is 5.75 Å². The normalized spacial score (nSPS) is 9.50. The number of hydrogen-bond acceptors (Lipinski definition) is 2. The van der Waals surface area contributed by atoms with Crippen molar-refractivity contribution in [3.8, 4) is 5.75 Å². The third kappa shape index (κ3) is 1.49. The van der Waals surface area contributed by atoms with Gasteiger partial charge in [-0.25, -0.2) is 0 Å². The molecule has 0 saturated carbocycles. The van der Waals surface area contributed by atoms with E-state index < -0.39 is 0 Å². The molecule has 0 fully saturated rings. The first-order valence-corrected chi connectivity index (χ1v) is 4.17. The second-order valence-electron chi connectivity index (χ2n) is 1.64. The standard InChI is InChI=1S/C6H5Br2NO/c1-10-5-3-9-2-4(7)6(5)8/h2-3H,1H3. The fourth-order valence-electron chi connectivity index (χ4n) is 0.544. The van der Waals surface area contributed by atoms with Crippen molar-refractivity contribution in [2.45, 2.75) is 0 Å². The van der Waals surface area contributed by atoms with Crippen molar-refractivity contribution in [1.82, 2.24) is 4.98 Å². The predicted octanol–water partition coefficient (Wildman–Crippen LogP) is 2.62. The number of rotatable bonds is 1. The molecule has 1 rings (SSSR count). The van der Waals surface area contributed by atoms with Gasteiger partial charge in [0, 0.05) is 6.20 Å². The molecule has 0 amide bonds. The van der Waals surface area contributed by atoms with Crippen LogP contribution >= 0.6 is 31.9 Å². The smallest absolute Gasteiger partial charge is 0.152 e. The van der Waals surface area contributed by atoms with E-state index in [9.17, 15) is 0 Å². The van der Waals surface area contributed by atoms with Gasteiger partial charge in [-0.1, -0.05) is 0 Å². The summed E-state index contributed by atoms with van der Waals surface area (Å²) in [5, 5.41) is 0. The summed E-state index contributed by atoms with van der Waals surface area (Å²) in [5.74, 6) is 0.731. The highest BCUT2D eigenvalue weighted by Gasteiger charge is 2.02. The van der Waals surface area contributed by atoms with Crippen molar-refractivity contribution >= 4 is 31.9 Å². The Balaban J connectivity index is 3.14. The Labute approximate surface area is 75.9 Å². The lowest BCUT2D eigenvalue weighted by Crippen LogP contribution is -1.85. The van der Waals surface area contributed by atoms with E-state index in [0.29, 0.717) is 0 Å². The largest absolute Gasteiger partial charge is 0.494 e. The molecule has 1 aromatic rings. The summed E-state index contributed by atoms with van der Waals surface area (Å²) >= 11 is 6.63. The van der Waals surface area contributed by atoms with E-state index in [4.69, 9.17) is 4.74 Å². The van der Waals surface area contributed by atoms with E-state index in [0.717, 1.165) is 14.7 Å². The molecule has 54 valence electrons. The maximum atomic E-state index is 4.99. The zero-order chi connectivity index (χ0) is 7.56. The summed E-state index contributed by atoms with van der Waals surface area (Å²) in [4.78, 5) is 3.91. The molecule has 1 aromatic heterocycles. The van der Waals surface area contributed by atoms with Crippen molar-refractivity contribution in [2.24, 2.45) is 0 Å². The molecule has 1 heterocycles. The van der Waals surface area contributed by atoms with Gasteiger partial charge in [0.1, 0.15) is 0 Å². The molecule has 4 heteroatoms. The second-order valence-corrected chi connectivity index (χ2v) is 3.28. The van der Waals surface area contributed by atoms with Gasteiger partial charge in [0.05, 0.1) is 22.3 Å². The summed E-state index contributed by atoms with van der Waals surface area (Å²) < 4.78 is 6.78. The summed E-state index contributed by atoms with van der Waals surface area (Å²) in [5.41, 5.74) is 0. The van der Waals surface area contributed by atoms with Crippen LogP contribution in [0.25, 0.3) is 0 Å². The highest BCUT2D eigenvalue weighted by atomic mass is 79.9. The first kappa shape index (κ1) is 8.01. The highest BCUT2D eigenvalue weighted by Crippen LogP contribution is 2.30.